The third-order valence-corrected chi connectivity index (χ3v) is 3.47. The highest BCUT2D eigenvalue weighted by molar-refractivity contribution is 5.52. The molecule has 5 heteroatoms. The fourth-order valence-corrected chi connectivity index (χ4v) is 2.22. The monoisotopic (exact) mass is 274 g/mol. The normalized spacial score (nSPS) is 19.9. The number of aromatic nitrogens is 1. The highest BCUT2D eigenvalue weighted by atomic mass is 16.5. The Morgan fingerprint density at radius 3 is 3.00 bits per heavy atom. The third kappa shape index (κ3) is 3.69. The molecule has 1 fully saturated rings. The van der Waals surface area contributed by atoms with Crippen LogP contribution in [-0.4, -0.2) is 49.3 Å². The molecule has 0 radical (unpaired) electrons. The lowest BCUT2D eigenvalue weighted by Crippen LogP contribution is -2.43. The van der Waals surface area contributed by atoms with Crippen LogP contribution in [0.2, 0.25) is 0 Å². The van der Waals surface area contributed by atoms with E-state index in [1.807, 2.05) is 12.1 Å². The van der Waals surface area contributed by atoms with Crippen LogP contribution in [0.3, 0.4) is 0 Å². The second-order valence-corrected chi connectivity index (χ2v) is 5.53. The zero-order chi connectivity index (χ0) is 14.5. The lowest BCUT2D eigenvalue weighted by molar-refractivity contribution is -0.0117. The molecule has 1 aromatic heterocycles. The lowest BCUT2D eigenvalue weighted by atomic mass is 10.1. The van der Waals surface area contributed by atoms with Crippen molar-refractivity contribution in [1.82, 2.24) is 9.88 Å². The summed E-state index contributed by atoms with van der Waals surface area (Å²) in [4.78, 5) is 6.79. The quantitative estimate of drug-likeness (QED) is 0.907. The molecule has 2 rings (SSSR count). The van der Waals surface area contributed by atoms with E-state index in [-0.39, 0.29) is 6.10 Å². The molecule has 1 saturated heterocycles. The van der Waals surface area contributed by atoms with Crippen LogP contribution < -0.4 is 5.32 Å². The molecule has 20 heavy (non-hydrogen) atoms. The van der Waals surface area contributed by atoms with Crippen LogP contribution in [0.1, 0.15) is 31.0 Å². The summed E-state index contributed by atoms with van der Waals surface area (Å²) in [7, 11) is 2.09. The molecule has 1 aliphatic rings. The van der Waals surface area contributed by atoms with Gasteiger partial charge >= 0.3 is 0 Å². The van der Waals surface area contributed by atoms with E-state index in [9.17, 15) is 0 Å². The molecule has 1 aliphatic heterocycles. The first-order valence-electron chi connectivity index (χ1n) is 7.05. The average molecular weight is 274 g/mol. The molecule has 5 nitrogen and oxygen atoms in total. The fraction of sp³-hybridized carbons (Fsp3) is 0.600. The minimum atomic E-state index is 0.143. The summed E-state index contributed by atoms with van der Waals surface area (Å²) in [5.74, 6) is 1.01. The van der Waals surface area contributed by atoms with Gasteiger partial charge in [0.05, 0.1) is 18.3 Å². The summed E-state index contributed by atoms with van der Waals surface area (Å²) in [6, 6.07) is 5.93. The highest BCUT2D eigenvalue weighted by Gasteiger charge is 2.18. The van der Waals surface area contributed by atoms with Crippen LogP contribution in [0.4, 0.5) is 5.82 Å². The van der Waals surface area contributed by atoms with Gasteiger partial charge in [-0.15, -0.1) is 0 Å². The van der Waals surface area contributed by atoms with E-state index in [0.29, 0.717) is 23.8 Å². The van der Waals surface area contributed by atoms with Gasteiger partial charge in [-0.2, -0.15) is 5.26 Å². The Bertz CT molecular complexity index is 495. The number of pyridine rings is 1. The molecule has 1 atom stereocenters. The maximum Gasteiger partial charge on any atom is 0.144 e. The zero-order valence-corrected chi connectivity index (χ0v) is 12.4. The van der Waals surface area contributed by atoms with Gasteiger partial charge in [0.25, 0.3) is 0 Å². The second kappa shape index (κ2) is 6.69. The zero-order valence-electron chi connectivity index (χ0n) is 12.4. The van der Waals surface area contributed by atoms with Crippen LogP contribution in [0.25, 0.3) is 0 Å². The number of nitriles is 1. The summed E-state index contributed by atoms with van der Waals surface area (Å²) in [6.45, 7) is 7.50. The van der Waals surface area contributed by atoms with Gasteiger partial charge in [0.2, 0.25) is 0 Å². The highest BCUT2D eigenvalue weighted by Crippen LogP contribution is 2.18. The Hall–Kier alpha value is -1.64. The SMILES string of the molecule is CC(C)c1ccc(C#N)c(NC[C@@H]2CN(C)CCO2)n1. The molecule has 0 spiro atoms. The third-order valence-electron chi connectivity index (χ3n) is 3.47. The van der Waals surface area contributed by atoms with Crippen molar-refractivity contribution in [2.45, 2.75) is 25.9 Å². The van der Waals surface area contributed by atoms with Gasteiger partial charge in [0.15, 0.2) is 0 Å². The van der Waals surface area contributed by atoms with Crippen LogP contribution in [0.5, 0.6) is 0 Å². The number of nitrogens with zero attached hydrogens (tertiary/aromatic N) is 3. The van der Waals surface area contributed by atoms with Gasteiger partial charge in [-0.1, -0.05) is 13.8 Å². The van der Waals surface area contributed by atoms with E-state index >= 15 is 0 Å². The maximum atomic E-state index is 9.16. The molecule has 0 saturated carbocycles. The molecular formula is C15H22N4O. The number of ether oxygens (including phenoxy) is 1. The summed E-state index contributed by atoms with van der Waals surface area (Å²) in [5.41, 5.74) is 1.58. The lowest BCUT2D eigenvalue weighted by Gasteiger charge is -2.30. The molecule has 108 valence electrons. The number of hydrogen-bond acceptors (Lipinski definition) is 5. The Balaban J connectivity index is 2.04. The number of anilines is 1. The summed E-state index contributed by atoms with van der Waals surface area (Å²) < 4.78 is 5.71. The van der Waals surface area contributed by atoms with E-state index in [0.717, 1.165) is 25.4 Å². The summed E-state index contributed by atoms with van der Waals surface area (Å²) in [5, 5.41) is 12.4. The Kier molecular flexibility index (Phi) is 4.94. The molecule has 2 heterocycles. The van der Waals surface area contributed by atoms with Crippen LogP contribution in [0, 0.1) is 11.3 Å². The van der Waals surface area contributed by atoms with Crippen LogP contribution in [0.15, 0.2) is 12.1 Å². The van der Waals surface area contributed by atoms with Crippen LogP contribution >= 0.6 is 0 Å². The van der Waals surface area contributed by atoms with Crippen molar-refractivity contribution in [3.63, 3.8) is 0 Å². The van der Waals surface area contributed by atoms with Gasteiger partial charge in [-0.05, 0) is 25.1 Å². The fourth-order valence-electron chi connectivity index (χ4n) is 2.22. The van der Waals surface area contributed by atoms with Gasteiger partial charge < -0.3 is 15.0 Å². The van der Waals surface area contributed by atoms with E-state index < -0.39 is 0 Å². The predicted molar refractivity (Wildman–Crippen MR) is 78.8 cm³/mol. The largest absolute Gasteiger partial charge is 0.374 e. The van der Waals surface area contributed by atoms with Gasteiger partial charge in [-0.3, -0.25) is 0 Å². The van der Waals surface area contributed by atoms with E-state index in [1.54, 1.807) is 0 Å². The van der Waals surface area contributed by atoms with Crippen molar-refractivity contribution >= 4 is 5.82 Å². The number of likely N-dealkylation sites (N-methyl/N-ethyl adjacent to an activating group) is 1. The minimum Gasteiger partial charge on any atom is -0.374 e. The van der Waals surface area contributed by atoms with E-state index in [4.69, 9.17) is 10.00 Å². The molecule has 0 aliphatic carbocycles. The van der Waals surface area contributed by atoms with Crippen LogP contribution in [-0.2, 0) is 4.74 Å². The first-order valence-corrected chi connectivity index (χ1v) is 7.05. The van der Waals surface area contributed by atoms with Crippen molar-refractivity contribution in [2.75, 3.05) is 38.6 Å². The van der Waals surface area contributed by atoms with Crippen molar-refractivity contribution in [1.29, 1.82) is 5.26 Å². The maximum absolute atomic E-state index is 9.16. The average Bonchev–Trinajstić information content (AvgIpc) is 2.44. The Labute approximate surface area is 120 Å². The van der Waals surface area contributed by atoms with Crippen molar-refractivity contribution in [3.8, 4) is 6.07 Å². The molecule has 0 bridgehead atoms. The molecule has 0 amide bonds. The van der Waals surface area contributed by atoms with Crippen molar-refractivity contribution in [3.05, 3.63) is 23.4 Å². The minimum absolute atomic E-state index is 0.143. The summed E-state index contributed by atoms with van der Waals surface area (Å²) in [6.07, 6.45) is 0.143. The Morgan fingerprint density at radius 2 is 2.35 bits per heavy atom. The predicted octanol–water partition coefficient (Wildman–Crippen LogP) is 1.82. The first-order chi connectivity index (χ1) is 9.60. The van der Waals surface area contributed by atoms with Crippen molar-refractivity contribution < 1.29 is 4.74 Å². The smallest absolute Gasteiger partial charge is 0.144 e. The van der Waals surface area contributed by atoms with Crippen molar-refractivity contribution in [2.24, 2.45) is 0 Å². The molecule has 1 N–H and O–H groups in total. The van der Waals surface area contributed by atoms with Gasteiger partial charge in [0.1, 0.15) is 11.9 Å². The molecular weight excluding hydrogens is 252 g/mol. The summed E-state index contributed by atoms with van der Waals surface area (Å²) >= 11 is 0. The van der Waals surface area contributed by atoms with E-state index in [1.165, 1.54) is 0 Å². The molecule has 0 unspecified atom stereocenters. The number of rotatable bonds is 4. The number of nitrogens with one attached hydrogen (secondary N) is 1. The van der Waals surface area contributed by atoms with Gasteiger partial charge in [-0.25, -0.2) is 4.98 Å². The van der Waals surface area contributed by atoms with E-state index in [2.05, 4.69) is 42.2 Å². The molecule has 0 aromatic carbocycles. The Morgan fingerprint density at radius 1 is 1.55 bits per heavy atom. The number of morpholine rings is 1. The standard InChI is InChI=1S/C15H22N4O/c1-11(2)14-5-4-12(8-16)15(18-14)17-9-13-10-19(3)6-7-20-13/h4-5,11,13H,6-7,9-10H2,1-3H3,(H,17,18)/t13-/m1/s1. The molecule has 1 aromatic rings. The number of hydrogen-bond donors (Lipinski definition) is 1. The second-order valence-electron chi connectivity index (χ2n) is 5.53. The first kappa shape index (κ1) is 14.8. The van der Waals surface area contributed by atoms with Gasteiger partial charge in [0, 0.05) is 25.3 Å². The topological polar surface area (TPSA) is 61.2 Å².